The molecule has 3 N–H and O–H groups in total. The number of fused-ring (bicyclic) bond motifs is 1. The molecule has 3 heterocycles. The first kappa shape index (κ1) is 27.7. The van der Waals surface area contributed by atoms with E-state index in [1.165, 1.54) is 17.6 Å². The van der Waals surface area contributed by atoms with Crippen LogP contribution in [0, 0.1) is 5.92 Å². The number of allylic oxidation sites excluding steroid dienone is 1. The number of benzene rings is 1. The molecule has 4 rings (SSSR count). The summed E-state index contributed by atoms with van der Waals surface area (Å²) in [5.41, 5.74) is 2.36. The van der Waals surface area contributed by atoms with Crippen molar-refractivity contribution in [1.82, 2.24) is 19.9 Å². The predicted molar refractivity (Wildman–Crippen MR) is 137 cm³/mol. The zero-order chi connectivity index (χ0) is 23.8. The molecule has 1 aromatic carbocycles. The van der Waals surface area contributed by atoms with Gasteiger partial charge in [0.2, 0.25) is 0 Å². The molecular weight excluding hydrogens is 420 g/mol. The number of nitrogens with one attached hydrogen (secondary N) is 2. The van der Waals surface area contributed by atoms with E-state index in [0.29, 0.717) is 5.52 Å². The lowest BCUT2D eigenvalue weighted by Gasteiger charge is -2.15. The highest BCUT2D eigenvalue weighted by molar-refractivity contribution is 7.99. The molecule has 1 aliphatic heterocycles. The highest BCUT2D eigenvalue weighted by Crippen LogP contribution is 2.27. The van der Waals surface area contributed by atoms with Crippen molar-refractivity contribution < 1.29 is 5.11 Å². The number of H-pyrrole nitrogens is 2. The Labute approximate surface area is 196 Å². The van der Waals surface area contributed by atoms with Gasteiger partial charge in [-0.25, -0.2) is 4.98 Å². The maximum Gasteiger partial charge on any atom is 0.275 e. The quantitative estimate of drug-likeness (QED) is 0.354. The van der Waals surface area contributed by atoms with Gasteiger partial charge < -0.3 is 15.1 Å². The molecule has 0 aliphatic carbocycles. The molecule has 1 atom stereocenters. The summed E-state index contributed by atoms with van der Waals surface area (Å²) in [4.78, 5) is 25.5. The first-order valence-corrected chi connectivity index (χ1v) is 12.2. The summed E-state index contributed by atoms with van der Waals surface area (Å²) >= 11 is 1.94. The number of nitrogens with zero attached hydrogens (tertiary/aromatic N) is 2. The molecule has 0 unspecified atom stereocenters. The maximum atomic E-state index is 11.8. The molecule has 2 aromatic heterocycles. The van der Waals surface area contributed by atoms with Crippen molar-refractivity contribution >= 4 is 22.8 Å². The van der Waals surface area contributed by atoms with Crippen LogP contribution in [0.1, 0.15) is 39.2 Å². The molecule has 0 bridgehead atoms. The first-order valence-electron chi connectivity index (χ1n) is 11.2. The average molecular weight is 459 g/mol. The molecule has 176 valence electrons. The number of hydrogen-bond donors (Lipinski definition) is 3. The monoisotopic (exact) mass is 458 g/mol. The number of aliphatic hydroxyl groups excluding tert-OH is 1. The minimum Gasteiger partial charge on any atom is -0.400 e. The molecule has 6 nitrogen and oxygen atoms in total. The number of thioether (sulfide) groups is 1. The Hall–Kier alpha value is -2.35. The number of aliphatic hydroxyl groups is 1. The van der Waals surface area contributed by atoms with Gasteiger partial charge in [0.25, 0.3) is 5.56 Å². The topological polar surface area (TPSA) is 85.0 Å². The van der Waals surface area contributed by atoms with Crippen LogP contribution in [0.2, 0.25) is 0 Å². The van der Waals surface area contributed by atoms with Gasteiger partial charge in [0, 0.05) is 42.6 Å². The Bertz CT molecular complexity index is 940. The normalized spacial score (nSPS) is 15.0. The van der Waals surface area contributed by atoms with E-state index in [9.17, 15) is 4.79 Å². The fourth-order valence-electron chi connectivity index (χ4n) is 3.29. The fraction of sp³-hybridized carbons (Fsp3) is 0.440. The number of aromatic amines is 2. The number of rotatable bonds is 6. The van der Waals surface area contributed by atoms with Crippen LogP contribution in [-0.2, 0) is 6.54 Å². The number of aromatic nitrogens is 3. The maximum absolute atomic E-state index is 11.8. The van der Waals surface area contributed by atoms with E-state index in [1.807, 2.05) is 37.9 Å². The molecule has 32 heavy (non-hydrogen) atoms. The third-order valence-corrected chi connectivity index (χ3v) is 6.07. The Kier molecular flexibility index (Phi) is 14.1. The lowest BCUT2D eigenvalue weighted by molar-refractivity contribution is 0.322. The molecule has 3 aromatic rings. The fourth-order valence-corrected chi connectivity index (χ4v) is 4.34. The van der Waals surface area contributed by atoms with Gasteiger partial charge in [-0.1, -0.05) is 45.0 Å². The van der Waals surface area contributed by atoms with Crippen molar-refractivity contribution in [3.63, 3.8) is 0 Å². The van der Waals surface area contributed by atoms with Crippen LogP contribution in [0.15, 0.2) is 65.2 Å². The van der Waals surface area contributed by atoms with Crippen LogP contribution in [0.25, 0.3) is 11.0 Å². The van der Waals surface area contributed by atoms with Crippen molar-refractivity contribution in [3.05, 3.63) is 71.4 Å². The largest absolute Gasteiger partial charge is 0.400 e. The SMILES string of the molecule is C=CCC.CC.CO.O=c1[nH]cnc2c(CN3CC[C@@H](CSc4ccccc4)C3)c[nH]c12. The van der Waals surface area contributed by atoms with Gasteiger partial charge in [-0.05, 0) is 37.4 Å². The Morgan fingerprint density at radius 2 is 1.94 bits per heavy atom. The summed E-state index contributed by atoms with van der Waals surface area (Å²) in [5.74, 6) is 1.88. The van der Waals surface area contributed by atoms with Gasteiger partial charge in [-0.3, -0.25) is 9.69 Å². The standard InChI is InChI=1S/C18H20N4OS.C4H8.C2H6.CH4O/c23-18-17-16(20-12-21-18)14(8-19-17)10-22-7-6-13(9-22)11-24-15-4-2-1-3-5-15;1-3-4-2;2*1-2/h1-5,8,12-13,19H,6-7,9-11H2,(H,20,21,23);3H,1,4H2,2H3;1-2H3;2H,1H3/t13-;;;/m1.../s1. The van der Waals surface area contributed by atoms with Crippen LogP contribution < -0.4 is 5.56 Å². The summed E-state index contributed by atoms with van der Waals surface area (Å²) in [6, 6.07) is 10.6. The summed E-state index contributed by atoms with van der Waals surface area (Å²) in [6.07, 6.45) is 7.58. The van der Waals surface area contributed by atoms with E-state index in [1.54, 1.807) is 0 Å². The molecule has 0 amide bonds. The third kappa shape index (κ3) is 8.65. The van der Waals surface area contributed by atoms with E-state index in [4.69, 9.17) is 5.11 Å². The number of hydrogen-bond acceptors (Lipinski definition) is 5. The van der Waals surface area contributed by atoms with Crippen molar-refractivity contribution in [1.29, 1.82) is 0 Å². The van der Waals surface area contributed by atoms with E-state index in [2.05, 4.69) is 63.7 Å². The van der Waals surface area contributed by atoms with E-state index >= 15 is 0 Å². The second kappa shape index (κ2) is 16.3. The second-order valence-electron chi connectivity index (χ2n) is 6.98. The third-order valence-electron chi connectivity index (χ3n) is 4.83. The van der Waals surface area contributed by atoms with Crippen LogP contribution in [-0.4, -0.2) is 50.9 Å². The molecule has 0 spiro atoms. The van der Waals surface area contributed by atoms with Gasteiger partial charge in [0.1, 0.15) is 5.52 Å². The molecule has 1 aliphatic rings. The predicted octanol–water partition coefficient (Wildman–Crippen LogP) is 5.08. The molecule has 7 heteroatoms. The minimum absolute atomic E-state index is 0.107. The van der Waals surface area contributed by atoms with Crippen molar-refractivity contribution in [2.24, 2.45) is 5.92 Å². The van der Waals surface area contributed by atoms with Gasteiger partial charge in [0.15, 0.2) is 0 Å². The highest BCUT2D eigenvalue weighted by atomic mass is 32.2. The van der Waals surface area contributed by atoms with Gasteiger partial charge in [0.05, 0.1) is 11.8 Å². The van der Waals surface area contributed by atoms with Crippen molar-refractivity contribution in [2.75, 3.05) is 26.0 Å². The smallest absolute Gasteiger partial charge is 0.275 e. The Morgan fingerprint density at radius 3 is 2.59 bits per heavy atom. The number of likely N-dealkylation sites (tertiary alicyclic amines) is 1. The summed E-state index contributed by atoms with van der Waals surface area (Å²) in [6.45, 7) is 12.6. The summed E-state index contributed by atoms with van der Waals surface area (Å²) in [5, 5.41) is 7.00. The highest BCUT2D eigenvalue weighted by Gasteiger charge is 2.23. The lowest BCUT2D eigenvalue weighted by atomic mass is 10.2. The Balaban J connectivity index is 0.000000568. The van der Waals surface area contributed by atoms with Crippen LogP contribution >= 0.6 is 11.8 Å². The molecule has 0 radical (unpaired) electrons. The van der Waals surface area contributed by atoms with Crippen LogP contribution in [0.3, 0.4) is 0 Å². The van der Waals surface area contributed by atoms with E-state index < -0.39 is 0 Å². The lowest BCUT2D eigenvalue weighted by Crippen LogP contribution is -2.20. The van der Waals surface area contributed by atoms with Gasteiger partial charge in [-0.2, -0.15) is 0 Å². The molecule has 0 saturated carbocycles. The molecular formula is C25H38N4O2S. The zero-order valence-corrected chi connectivity index (χ0v) is 20.6. The minimum atomic E-state index is -0.107. The van der Waals surface area contributed by atoms with Crippen LogP contribution in [0.4, 0.5) is 0 Å². The summed E-state index contributed by atoms with van der Waals surface area (Å²) < 4.78 is 0. The average Bonchev–Trinajstić information content (AvgIpc) is 3.49. The van der Waals surface area contributed by atoms with E-state index in [0.717, 1.165) is 55.9 Å². The Morgan fingerprint density at radius 1 is 1.25 bits per heavy atom. The summed E-state index contributed by atoms with van der Waals surface area (Å²) in [7, 11) is 1.00. The van der Waals surface area contributed by atoms with Crippen molar-refractivity contribution in [2.45, 2.75) is 45.1 Å². The molecule has 1 fully saturated rings. The van der Waals surface area contributed by atoms with Crippen molar-refractivity contribution in [3.8, 4) is 0 Å². The van der Waals surface area contributed by atoms with Gasteiger partial charge >= 0.3 is 0 Å². The van der Waals surface area contributed by atoms with Crippen LogP contribution in [0.5, 0.6) is 0 Å². The molecule has 1 saturated heterocycles. The van der Waals surface area contributed by atoms with E-state index in [-0.39, 0.29) is 5.56 Å². The first-order chi connectivity index (χ1) is 15.7. The van der Waals surface area contributed by atoms with Gasteiger partial charge in [-0.15, -0.1) is 18.3 Å². The zero-order valence-electron chi connectivity index (χ0n) is 19.8. The second-order valence-corrected chi connectivity index (χ2v) is 8.07.